The lowest BCUT2D eigenvalue weighted by molar-refractivity contribution is 0.589. The smallest absolute Gasteiger partial charge is 0.0438 e. The Morgan fingerprint density at radius 2 is 1.43 bits per heavy atom. The van der Waals surface area contributed by atoms with Gasteiger partial charge in [0.25, 0.3) is 0 Å². The summed E-state index contributed by atoms with van der Waals surface area (Å²) in [5, 5.41) is 3.92. The maximum Gasteiger partial charge on any atom is 0.0438 e. The summed E-state index contributed by atoms with van der Waals surface area (Å²) in [4.78, 5) is 1.34. The molecule has 0 aromatic heterocycles. The second-order valence-electron chi connectivity index (χ2n) is 5.72. The first-order valence-electron chi connectivity index (χ1n) is 7.60. The van der Waals surface area contributed by atoms with E-state index >= 15 is 0 Å². The molecule has 0 fully saturated rings. The van der Waals surface area contributed by atoms with Crippen LogP contribution in [0.15, 0.2) is 59.5 Å². The second kappa shape index (κ2) is 7.67. The van der Waals surface area contributed by atoms with E-state index in [-0.39, 0.29) is 0 Å². The zero-order valence-corrected chi connectivity index (χ0v) is 14.2. The minimum Gasteiger partial charge on any atom is -0.312 e. The molecule has 0 aliphatic rings. The lowest BCUT2D eigenvalue weighted by atomic mass is 10.0. The van der Waals surface area contributed by atoms with Gasteiger partial charge in [0.2, 0.25) is 0 Å². The van der Waals surface area contributed by atoms with Crippen LogP contribution in [0, 0.1) is 0 Å². The molecule has 0 amide bonds. The average Bonchev–Trinajstić information content (AvgIpc) is 2.49. The van der Waals surface area contributed by atoms with E-state index < -0.39 is 0 Å². The van der Waals surface area contributed by atoms with Crippen LogP contribution in [0.2, 0.25) is 0 Å². The highest BCUT2D eigenvalue weighted by atomic mass is 32.2. The molecule has 0 heterocycles. The largest absolute Gasteiger partial charge is 0.312 e. The quantitative estimate of drug-likeness (QED) is 0.731. The van der Waals surface area contributed by atoms with Crippen LogP contribution in [0.25, 0.3) is 0 Å². The van der Waals surface area contributed by atoms with Gasteiger partial charge in [0.15, 0.2) is 0 Å². The average molecular weight is 299 g/mol. The number of rotatable bonds is 6. The van der Waals surface area contributed by atoms with E-state index in [0.29, 0.717) is 17.2 Å². The summed E-state index contributed by atoms with van der Waals surface area (Å²) in [6.45, 7) is 6.75. The normalized spacial score (nSPS) is 14.1. The lowest BCUT2D eigenvalue weighted by Gasteiger charge is -2.23. The van der Waals surface area contributed by atoms with Crippen molar-refractivity contribution in [1.82, 2.24) is 5.32 Å². The third-order valence-electron chi connectivity index (χ3n) is 3.81. The summed E-state index contributed by atoms with van der Waals surface area (Å²) in [5.41, 5.74) is 2.75. The number of nitrogens with one attached hydrogen (secondary N) is 1. The molecule has 1 N–H and O–H groups in total. The number of thioether (sulfide) groups is 1. The van der Waals surface area contributed by atoms with E-state index in [1.807, 2.05) is 18.8 Å². The predicted octanol–water partition coefficient (Wildman–Crippen LogP) is 5.25. The molecule has 0 saturated carbocycles. The lowest BCUT2D eigenvalue weighted by Crippen LogP contribution is -2.25. The molecule has 2 atom stereocenters. The van der Waals surface area contributed by atoms with E-state index in [1.165, 1.54) is 16.0 Å². The van der Waals surface area contributed by atoms with Crippen LogP contribution >= 0.6 is 11.8 Å². The Labute approximate surface area is 133 Å². The highest BCUT2D eigenvalue weighted by Gasteiger charge is 2.18. The molecule has 0 radical (unpaired) electrons. The third kappa shape index (κ3) is 4.36. The van der Waals surface area contributed by atoms with Crippen molar-refractivity contribution in [3.8, 4) is 0 Å². The summed E-state index contributed by atoms with van der Waals surface area (Å²) in [7, 11) is 2.04. The molecule has 112 valence electrons. The Morgan fingerprint density at radius 3 is 1.95 bits per heavy atom. The number of hydrogen-bond donors (Lipinski definition) is 1. The summed E-state index contributed by atoms with van der Waals surface area (Å²) < 4.78 is 0. The van der Waals surface area contributed by atoms with Crippen molar-refractivity contribution in [3.05, 3.63) is 65.7 Å². The van der Waals surface area contributed by atoms with Crippen LogP contribution in [0.5, 0.6) is 0 Å². The standard InChI is InChI=1S/C19H25NS/c1-14(2)16-10-12-18(13-11-16)21-15(3)19(20-4)17-8-6-5-7-9-17/h5-15,19-20H,1-4H3. The Bertz CT molecular complexity index is 533. The van der Waals surface area contributed by atoms with Gasteiger partial charge in [0.05, 0.1) is 0 Å². The van der Waals surface area contributed by atoms with Crippen LogP contribution in [0.1, 0.15) is 43.9 Å². The zero-order chi connectivity index (χ0) is 15.2. The molecule has 0 spiro atoms. The van der Waals surface area contributed by atoms with Crippen molar-refractivity contribution >= 4 is 11.8 Å². The molecule has 0 saturated heterocycles. The fourth-order valence-corrected chi connectivity index (χ4v) is 3.70. The van der Waals surface area contributed by atoms with Crippen LogP contribution in [-0.4, -0.2) is 12.3 Å². The Balaban J connectivity index is 2.07. The van der Waals surface area contributed by atoms with E-state index in [4.69, 9.17) is 0 Å². The van der Waals surface area contributed by atoms with Crippen molar-refractivity contribution in [1.29, 1.82) is 0 Å². The summed E-state index contributed by atoms with van der Waals surface area (Å²) >= 11 is 1.93. The Hall–Kier alpha value is -1.25. The van der Waals surface area contributed by atoms with Crippen molar-refractivity contribution in [3.63, 3.8) is 0 Å². The molecule has 0 aliphatic carbocycles. The van der Waals surface area contributed by atoms with Gasteiger partial charge in [-0.1, -0.05) is 63.2 Å². The first-order valence-corrected chi connectivity index (χ1v) is 8.48. The zero-order valence-electron chi connectivity index (χ0n) is 13.3. The van der Waals surface area contributed by atoms with Crippen LogP contribution in [0.3, 0.4) is 0 Å². The molecule has 2 heteroatoms. The molecule has 0 bridgehead atoms. The fourth-order valence-electron chi connectivity index (χ4n) is 2.55. The van der Waals surface area contributed by atoms with Crippen molar-refractivity contribution in [2.75, 3.05) is 7.05 Å². The highest BCUT2D eigenvalue weighted by Crippen LogP contribution is 2.32. The first-order chi connectivity index (χ1) is 10.1. The summed E-state index contributed by atoms with van der Waals surface area (Å²) in [6, 6.07) is 20.0. The van der Waals surface area contributed by atoms with Gasteiger partial charge < -0.3 is 5.32 Å². The van der Waals surface area contributed by atoms with E-state index in [2.05, 4.69) is 80.7 Å². The topological polar surface area (TPSA) is 12.0 Å². The van der Waals surface area contributed by atoms with Crippen LogP contribution in [0.4, 0.5) is 0 Å². The summed E-state index contributed by atoms with van der Waals surface area (Å²) in [6.07, 6.45) is 0. The molecular weight excluding hydrogens is 274 g/mol. The SMILES string of the molecule is CNC(c1ccccc1)C(C)Sc1ccc(C(C)C)cc1. The van der Waals surface area contributed by atoms with Gasteiger partial charge in [-0.05, 0) is 36.2 Å². The van der Waals surface area contributed by atoms with E-state index in [0.717, 1.165) is 0 Å². The number of hydrogen-bond acceptors (Lipinski definition) is 2. The molecular formula is C19H25NS. The molecule has 2 aromatic rings. The van der Waals surface area contributed by atoms with Crippen LogP contribution in [-0.2, 0) is 0 Å². The molecule has 0 aliphatic heterocycles. The van der Waals surface area contributed by atoms with Gasteiger partial charge >= 0.3 is 0 Å². The molecule has 1 nitrogen and oxygen atoms in total. The second-order valence-corrected chi connectivity index (χ2v) is 7.17. The first kappa shape index (κ1) is 16.1. The van der Waals surface area contributed by atoms with E-state index in [1.54, 1.807) is 0 Å². The maximum absolute atomic E-state index is 3.45. The van der Waals surface area contributed by atoms with Gasteiger partial charge in [0, 0.05) is 16.2 Å². The Morgan fingerprint density at radius 1 is 0.810 bits per heavy atom. The molecule has 2 rings (SSSR count). The van der Waals surface area contributed by atoms with Crippen molar-refractivity contribution < 1.29 is 0 Å². The van der Waals surface area contributed by atoms with Gasteiger partial charge in [0.1, 0.15) is 0 Å². The van der Waals surface area contributed by atoms with Crippen LogP contribution < -0.4 is 5.32 Å². The van der Waals surface area contributed by atoms with Crippen molar-refractivity contribution in [2.45, 2.75) is 42.9 Å². The Kier molecular flexibility index (Phi) is 5.89. The van der Waals surface area contributed by atoms with Gasteiger partial charge in [-0.3, -0.25) is 0 Å². The van der Waals surface area contributed by atoms with Crippen molar-refractivity contribution in [2.24, 2.45) is 0 Å². The molecule has 21 heavy (non-hydrogen) atoms. The molecule has 2 unspecified atom stereocenters. The highest BCUT2D eigenvalue weighted by molar-refractivity contribution is 8.00. The van der Waals surface area contributed by atoms with E-state index in [9.17, 15) is 0 Å². The minimum atomic E-state index is 0.362. The monoisotopic (exact) mass is 299 g/mol. The van der Waals surface area contributed by atoms with Gasteiger partial charge in [-0.2, -0.15) is 0 Å². The summed E-state index contributed by atoms with van der Waals surface area (Å²) in [5.74, 6) is 0.593. The minimum absolute atomic E-state index is 0.362. The third-order valence-corrected chi connectivity index (χ3v) is 5.00. The van der Waals surface area contributed by atoms with Gasteiger partial charge in [-0.15, -0.1) is 11.8 Å². The number of benzene rings is 2. The predicted molar refractivity (Wildman–Crippen MR) is 94.1 cm³/mol. The van der Waals surface area contributed by atoms with Gasteiger partial charge in [-0.25, -0.2) is 0 Å². The molecule has 2 aromatic carbocycles. The fraction of sp³-hybridized carbons (Fsp3) is 0.368. The maximum atomic E-state index is 3.45.